The van der Waals surface area contributed by atoms with Crippen molar-refractivity contribution in [1.82, 2.24) is 25.0 Å². The molecule has 0 unspecified atom stereocenters. The summed E-state index contributed by atoms with van der Waals surface area (Å²) in [7, 11) is -2.24. The Bertz CT molecular complexity index is 1860. The molecule has 0 radical (unpaired) electrons. The van der Waals surface area contributed by atoms with Gasteiger partial charge in [0.25, 0.3) is 5.91 Å². The van der Waals surface area contributed by atoms with Crippen LogP contribution in [0.25, 0.3) is 15.9 Å². The van der Waals surface area contributed by atoms with Crippen molar-refractivity contribution in [2.45, 2.75) is 49.4 Å². The molecule has 5 rings (SSSR count). The molecule has 16 heteroatoms. The van der Waals surface area contributed by atoms with E-state index in [4.69, 9.17) is 21.1 Å². The molecule has 0 aliphatic carbocycles. The third-order valence-corrected chi connectivity index (χ3v) is 10.4. The van der Waals surface area contributed by atoms with E-state index in [-0.39, 0.29) is 46.5 Å². The van der Waals surface area contributed by atoms with Gasteiger partial charge in [0, 0.05) is 31.5 Å². The lowest BCUT2D eigenvalue weighted by Crippen LogP contribution is -2.44. The number of aromatic nitrogens is 3. The van der Waals surface area contributed by atoms with Crippen LogP contribution in [0.1, 0.15) is 44.0 Å². The van der Waals surface area contributed by atoms with E-state index in [0.29, 0.717) is 21.7 Å². The summed E-state index contributed by atoms with van der Waals surface area (Å²) in [5.41, 5.74) is 0.309. The van der Waals surface area contributed by atoms with Crippen LogP contribution in [-0.4, -0.2) is 77.2 Å². The van der Waals surface area contributed by atoms with Crippen LogP contribution in [-0.2, 0) is 14.6 Å². The molecule has 3 heterocycles. The predicted octanol–water partition coefficient (Wildman–Crippen LogP) is 5.28. The summed E-state index contributed by atoms with van der Waals surface area (Å²) >= 11 is 7.36. The number of anilines is 1. The van der Waals surface area contributed by atoms with Crippen LogP contribution >= 0.6 is 22.9 Å². The lowest BCUT2D eigenvalue weighted by atomic mass is 10.1. The molecule has 0 spiro atoms. The number of sulfone groups is 1. The van der Waals surface area contributed by atoms with Crippen LogP contribution in [0.2, 0.25) is 5.02 Å². The first-order valence-corrected chi connectivity index (χ1v) is 16.6. The third-order valence-electron chi connectivity index (χ3n) is 6.93. The summed E-state index contributed by atoms with van der Waals surface area (Å²) in [6.45, 7) is 5.89. The number of benzene rings is 2. The minimum absolute atomic E-state index is 0.0224. The third kappa shape index (κ3) is 7.21. The van der Waals surface area contributed by atoms with Crippen molar-refractivity contribution < 1.29 is 32.3 Å². The number of nitrogens with zero attached hydrogens (tertiary/aromatic N) is 4. The average Bonchev–Trinajstić information content (AvgIpc) is 3.65. The van der Waals surface area contributed by atoms with Crippen LogP contribution in [0.3, 0.4) is 0 Å². The molecule has 4 aromatic rings. The van der Waals surface area contributed by atoms with Gasteiger partial charge in [0.15, 0.2) is 15.0 Å². The highest BCUT2D eigenvalue weighted by atomic mass is 35.5. The highest BCUT2D eigenvalue weighted by molar-refractivity contribution is 7.92. The molecule has 0 bridgehead atoms. The van der Waals surface area contributed by atoms with E-state index in [1.165, 1.54) is 41.0 Å². The Hall–Kier alpha value is -4.21. The van der Waals surface area contributed by atoms with Gasteiger partial charge in [-0.05, 0) is 63.9 Å². The number of carbonyl (C=O) groups excluding carboxylic acids is 3. The first kappa shape index (κ1) is 32.2. The van der Waals surface area contributed by atoms with Gasteiger partial charge in [0.05, 0.1) is 38.1 Å². The number of rotatable bonds is 6. The van der Waals surface area contributed by atoms with E-state index in [9.17, 15) is 22.8 Å². The molecule has 0 saturated carbocycles. The topological polar surface area (TPSA) is 162 Å². The average molecular weight is 675 g/mol. The molecule has 2 N–H and O–H groups in total. The maximum absolute atomic E-state index is 13.5. The van der Waals surface area contributed by atoms with E-state index < -0.39 is 38.7 Å². The Balaban J connectivity index is 1.25. The number of amides is 4. The summed E-state index contributed by atoms with van der Waals surface area (Å²) in [6, 6.07) is 8.33. The van der Waals surface area contributed by atoms with Crippen molar-refractivity contribution in [3.63, 3.8) is 0 Å². The molecule has 1 fully saturated rings. The summed E-state index contributed by atoms with van der Waals surface area (Å²) in [4.78, 5) is 44.0. The molecule has 238 valence electrons. The van der Waals surface area contributed by atoms with Gasteiger partial charge in [-0.15, -0.1) is 0 Å². The number of hydrogen-bond donors (Lipinski definition) is 2. The van der Waals surface area contributed by atoms with Gasteiger partial charge in [0.1, 0.15) is 17.0 Å². The second-order valence-electron chi connectivity index (χ2n) is 11.2. The smallest absolute Gasteiger partial charge is 0.410 e. The molecule has 1 aliphatic rings. The molecular weight excluding hydrogens is 644 g/mol. The van der Waals surface area contributed by atoms with Crippen LogP contribution in [0, 0.1) is 0 Å². The first-order valence-electron chi connectivity index (χ1n) is 13.9. The van der Waals surface area contributed by atoms with Gasteiger partial charge < -0.3 is 14.4 Å². The van der Waals surface area contributed by atoms with E-state index >= 15 is 0 Å². The van der Waals surface area contributed by atoms with Gasteiger partial charge in [-0.2, -0.15) is 5.10 Å². The number of urea groups is 1. The number of ether oxygens (including phenoxy) is 2. The molecule has 1 saturated heterocycles. The van der Waals surface area contributed by atoms with Crippen molar-refractivity contribution in [1.29, 1.82) is 0 Å². The van der Waals surface area contributed by atoms with Gasteiger partial charge in [-0.3, -0.25) is 15.4 Å². The number of nitrogens with one attached hydrogen (secondary N) is 2. The highest BCUT2D eigenvalue weighted by Crippen LogP contribution is 2.32. The zero-order chi connectivity index (χ0) is 32.5. The van der Waals surface area contributed by atoms with Gasteiger partial charge >= 0.3 is 12.1 Å². The number of carbonyl (C=O) groups is 3. The largest absolute Gasteiger partial charge is 0.494 e. The normalized spacial score (nSPS) is 14.3. The fourth-order valence-electron chi connectivity index (χ4n) is 4.77. The minimum Gasteiger partial charge on any atom is -0.494 e. The molecule has 0 atom stereocenters. The zero-order valence-corrected chi connectivity index (χ0v) is 27.3. The highest BCUT2D eigenvalue weighted by Gasteiger charge is 2.34. The first-order chi connectivity index (χ1) is 21.2. The van der Waals surface area contributed by atoms with Crippen molar-refractivity contribution in [2.24, 2.45) is 0 Å². The maximum Gasteiger partial charge on any atom is 0.410 e. The molecule has 2 aromatic heterocycles. The van der Waals surface area contributed by atoms with E-state index in [0.717, 1.165) is 11.3 Å². The summed E-state index contributed by atoms with van der Waals surface area (Å²) in [5, 5.41) is 8.47. The van der Waals surface area contributed by atoms with Gasteiger partial charge in [0.2, 0.25) is 0 Å². The molecule has 2 aromatic carbocycles. The van der Waals surface area contributed by atoms with E-state index in [1.54, 1.807) is 45.3 Å². The molecule has 1 aliphatic heterocycles. The van der Waals surface area contributed by atoms with E-state index in [1.807, 2.05) is 0 Å². The second kappa shape index (κ2) is 12.7. The number of methoxy groups -OCH3 is 1. The number of likely N-dealkylation sites (tertiary alicyclic amines) is 1. The van der Waals surface area contributed by atoms with Crippen LogP contribution in [0.5, 0.6) is 5.75 Å². The summed E-state index contributed by atoms with van der Waals surface area (Å²) < 4.78 is 39.7. The van der Waals surface area contributed by atoms with Gasteiger partial charge in [-0.25, -0.2) is 27.7 Å². The Morgan fingerprint density at radius 2 is 1.84 bits per heavy atom. The second-order valence-corrected chi connectivity index (χ2v) is 14.9. The van der Waals surface area contributed by atoms with Crippen LogP contribution < -0.4 is 15.4 Å². The number of thiazole rings is 1. The fraction of sp³-hybridized carbons (Fsp3) is 0.345. The number of imide groups is 1. The quantitative estimate of drug-likeness (QED) is 0.277. The Labute approximate surface area is 268 Å². The molecule has 4 amide bonds. The predicted molar refractivity (Wildman–Crippen MR) is 169 cm³/mol. The number of fused-ring (bicyclic) bond motifs is 1. The van der Waals surface area contributed by atoms with Crippen LogP contribution in [0.4, 0.5) is 14.7 Å². The Morgan fingerprint density at radius 1 is 1.11 bits per heavy atom. The summed E-state index contributed by atoms with van der Waals surface area (Å²) in [6.07, 6.45) is 3.34. The van der Waals surface area contributed by atoms with Crippen molar-refractivity contribution in [2.75, 3.05) is 25.5 Å². The maximum atomic E-state index is 13.5. The lowest BCUT2D eigenvalue weighted by Gasteiger charge is -2.33. The Morgan fingerprint density at radius 3 is 2.49 bits per heavy atom. The molecule has 13 nitrogen and oxygen atoms in total. The monoisotopic (exact) mass is 674 g/mol. The van der Waals surface area contributed by atoms with Crippen molar-refractivity contribution >= 4 is 66.2 Å². The fourth-order valence-corrected chi connectivity index (χ4v) is 7.74. The molecular formula is C29H31ClN6O7S2. The number of piperidine rings is 1. The standard InChI is InChI=1S/C29H31ClN6O7S2/c1-29(2,3)43-28(39)35-12-8-17(9-13-35)45(40,41)18-6-7-21-24(14-18)44-27(32-21)34-26(38)33-25(37)19-15-22(36-11-5-10-31-36)23(42-4)16-20(19)30/h5-7,10-11,14-17H,8-9,12-13H2,1-4H3,(H2,32,33,34,37,38). The zero-order valence-electron chi connectivity index (χ0n) is 24.9. The van der Waals surface area contributed by atoms with Crippen molar-refractivity contribution in [3.8, 4) is 11.4 Å². The van der Waals surface area contributed by atoms with Gasteiger partial charge in [-0.1, -0.05) is 22.9 Å². The lowest BCUT2D eigenvalue weighted by molar-refractivity contribution is 0.0217. The number of halogens is 1. The van der Waals surface area contributed by atoms with Crippen LogP contribution in [0.15, 0.2) is 53.7 Å². The minimum atomic E-state index is -3.70. The Kier molecular flexibility index (Phi) is 9.05. The van der Waals surface area contributed by atoms with Crippen molar-refractivity contribution in [3.05, 3.63) is 59.4 Å². The van der Waals surface area contributed by atoms with E-state index in [2.05, 4.69) is 20.7 Å². The summed E-state index contributed by atoms with van der Waals surface area (Å²) in [5.74, 6) is -0.382. The molecule has 45 heavy (non-hydrogen) atoms. The SMILES string of the molecule is COc1cc(Cl)c(C(=O)NC(=O)Nc2nc3ccc(S(=O)(=O)C4CCN(C(=O)OC(C)(C)C)CC4)cc3s2)cc1-n1cccn1. The number of hydrogen-bond acceptors (Lipinski definition) is 10.